The lowest BCUT2D eigenvalue weighted by molar-refractivity contribution is -0.149. The number of alkyl halides is 3. The first-order chi connectivity index (χ1) is 17.6. The highest BCUT2D eigenvalue weighted by Crippen LogP contribution is 2.38. The van der Waals surface area contributed by atoms with Gasteiger partial charge in [-0.15, -0.1) is 0 Å². The van der Waals surface area contributed by atoms with Gasteiger partial charge in [-0.3, -0.25) is 9.48 Å². The minimum Gasteiger partial charge on any atom is -0.364 e. The van der Waals surface area contributed by atoms with Gasteiger partial charge in [-0.25, -0.2) is 14.4 Å². The first kappa shape index (κ1) is 24.2. The van der Waals surface area contributed by atoms with Crippen LogP contribution < -0.4 is 10.2 Å². The normalized spacial score (nSPS) is 15.7. The van der Waals surface area contributed by atoms with E-state index in [1.165, 1.54) is 18.5 Å². The third kappa shape index (κ3) is 4.35. The number of carbonyl (C=O) groups excluding carboxylic acids is 1. The molecule has 4 heterocycles. The van der Waals surface area contributed by atoms with E-state index in [0.717, 1.165) is 23.9 Å². The lowest BCUT2D eigenvalue weighted by atomic mass is 9.86. The van der Waals surface area contributed by atoms with Gasteiger partial charge in [0.15, 0.2) is 0 Å². The molecule has 2 N–H and O–H groups in total. The van der Waals surface area contributed by atoms with Gasteiger partial charge in [-0.1, -0.05) is 0 Å². The molecular weight excluding hydrogens is 492 g/mol. The van der Waals surface area contributed by atoms with Gasteiger partial charge in [0.05, 0.1) is 30.1 Å². The van der Waals surface area contributed by atoms with Gasteiger partial charge in [-0.05, 0) is 31.2 Å². The fraction of sp³-hybridized carbons (Fsp3) is 0.292. The molecule has 1 saturated heterocycles. The molecule has 4 aromatic rings. The average molecular weight is 512 g/mol. The highest BCUT2D eigenvalue weighted by molar-refractivity contribution is 5.95. The Kier molecular flexibility index (Phi) is 5.82. The molecular formula is C24H20F4N8O. The molecule has 1 amide bonds. The van der Waals surface area contributed by atoms with Crippen molar-refractivity contribution in [3.63, 3.8) is 0 Å². The quantitative estimate of drug-likeness (QED) is 0.380. The van der Waals surface area contributed by atoms with E-state index in [0.29, 0.717) is 11.3 Å². The molecule has 1 aliphatic heterocycles. The van der Waals surface area contributed by atoms with Crippen molar-refractivity contribution in [2.45, 2.75) is 31.1 Å². The van der Waals surface area contributed by atoms with Crippen LogP contribution in [0, 0.1) is 17.1 Å². The predicted octanol–water partition coefficient (Wildman–Crippen LogP) is 3.77. The summed E-state index contributed by atoms with van der Waals surface area (Å²) in [5, 5.41) is 16.6. The predicted molar refractivity (Wildman–Crippen MR) is 125 cm³/mol. The maximum atomic E-state index is 14.9. The molecule has 9 nitrogen and oxygen atoms in total. The van der Waals surface area contributed by atoms with E-state index in [-0.39, 0.29) is 30.8 Å². The van der Waals surface area contributed by atoms with Gasteiger partial charge in [0.25, 0.3) is 5.91 Å². The number of anilines is 1. The van der Waals surface area contributed by atoms with Gasteiger partial charge < -0.3 is 15.2 Å². The second-order valence-corrected chi connectivity index (χ2v) is 8.95. The molecule has 1 aromatic carbocycles. The zero-order valence-corrected chi connectivity index (χ0v) is 19.4. The molecule has 1 unspecified atom stereocenters. The number of halogens is 4. The van der Waals surface area contributed by atoms with Crippen molar-refractivity contribution in [2.24, 2.45) is 0 Å². The average Bonchev–Trinajstić information content (AvgIpc) is 3.51. The van der Waals surface area contributed by atoms with E-state index < -0.39 is 29.5 Å². The summed E-state index contributed by atoms with van der Waals surface area (Å²) >= 11 is 0. The number of amides is 1. The number of hydrogen-bond donors (Lipinski definition) is 2. The van der Waals surface area contributed by atoms with Crippen LogP contribution in [0.3, 0.4) is 0 Å². The number of fused-ring (bicyclic) bond motifs is 1. The molecule has 37 heavy (non-hydrogen) atoms. The second kappa shape index (κ2) is 8.88. The fourth-order valence-corrected chi connectivity index (χ4v) is 4.39. The zero-order valence-electron chi connectivity index (χ0n) is 19.4. The number of H-pyrrole nitrogens is 1. The highest BCUT2D eigenvalue weighted by Gasteiger charge is 2.46. The van der Waals surface area contributed by atoms with Crippen molar-refractivity contribution in [1.82, 2.24) is 30.0 Å². The molecule has 5 rings (SSSR count). The number of hydrogen-bond acceptors (Lipinski definition) is 6. The summed E-state index contributed by atoms with van der Waals surface area (Å²) in [6.07, 6.45) is 2.14. The third-order valence-electron chi connectivity index (χ3n) is 6.46. The molecule has 3 aromatic heterocycles. The largest absolute Gasteiger partial charge is 0.408 e. The number of aromatic amines is 1. The Labute approximate surface area is 207 Å². The number of nitriles is 1. The van der Waals surface area contributed by atoms with Crippen LogP contribution in [0.1, 0.15) is 23.7 Å². The highest BCUT2D eigenvalue weighted by atomic mass is 19.4. The van der Waals surface area contributed by atoms with Gasteiger partial charge in [-0.2, -0.15) is 23.5 Å². The number of aromatic nitrogens is 5. The fourth-order valence-electron chi connectivity index (χ4n) is 4.39. The molecule has 0 radical (unpaired) electrons. The van der Waals surface area contributed by atoms with E-state index in [1.807, 2.05) is 11.4 Å². The van der Waals surface area contributed by atoms with Crippen LogP contribution in [-0.4, -0.2) is 55.9 Å². The zero-order chi connectivity index (χ0) is 26.4. The van der Waals surface area contributed by atoms with E-state index in [2.05, 4.69) is 26.1 Å². The topological polar surface area (TPSA) is 116 Å². The smallest absolute Gasteiger partial charge is 0.364 e. The van der Waals surface area contributed by atoms with E-state index in [9.17, 15) is 27.6 Å². The number of rotatable bonds is 6. The Morgan fingerprint density at radius 2 is 2.08 bits per heavy atom. The molecule has 1 fully saturated rings. The van der Waals surface area contributed by atoms with Crippen LogP contribution in [0.4, 0.5) is 23.2 Å². The molecule has 0 bridgehead atoms. The Balaban J connectivity index is 1.34. The van der Waals surface area contributed by atoms with Crippen LogP contribution in [0.5, 0.6) is 0 Å². The van der Waals surface area contributed by atoms with Crippen LogP contribution in [0.2, 0.25) is 0 Å². The lowest BCUT2D eigenvalue weighted by Gasteiger charge is -2.50. The number of nitrogens with zero attached hydrogens (tertiary/aromatic N) is 6. The molecule has 0 saturated carbocycles. The maximum absolute atomic E-state index is 14.9. The minimum absolute atomic E-state index is 0.116. The van der Waals surface area contributed by atoms with Crippen LogP contribution >= 0.6 is 0 Å². The van der Waals surface area contributed by atoms with Gasteiger partial charge >= 0.3 is 6.18 Å². The Bertz CT molecular complexity index is 1510. The summed E-state index contributed by atoms with van der Waals surface area (Å²) in [6.45, 7) is 1.33. The van der Waals surface area contributed by atoms with E-state index >= 15 is 0 Å². The monoisotopic (exact) mass is 512 g/mol. The number of carbonyl (C=O) groups is 1. The van der Waals surface area contributed by atoms with Crippen LogP contribution in [0.15, 0.2) is 49.2 Å². The Morgan fingerprint density at radius 1 is 1.30 bits per heavy atom. The van der Waals surface area contributed by atoms with Crippen molar-refractivity contribution in [2.75, 3.05) is 18.0 Å². The molecule has 190 valence electrons. The lowest BCUT2D eigenvalue weighted by Crippen LogP contribution is -2.63. The number of benzene rings is 1. The van der Waals surface area contributed by atoms with Crippen molar-refractivity contribution in [1.29, 1.82) is 5.26 Å². The summed E-state index contributed by atoms with van der Waals surface area (Å²) in [5.74, 6) is -1.78. The van der Waals surface area contributed by atoms with Gasteiger partial charge in [0.1, 0.15) is 29.4 Å². The molecule has 0 aliphatic carbocycles. The maximum Gasteiger partial charge on any atom is 0.408 e. The minimum atomic E-state index is -4.61. The van der Waals surface area contributed by atoms with E-state index in [4.69, 9.17) is 0 Å². The van der Waals surface area contributed by atoms with E-state index in [1.54, 1.807) is 28.2 Å². The molecule has 1 atom stereocenters. The van der Waals surface area contributed by atoms with Crippen molar-refractivity contribution >= 4 is 22.6 Å². The standard InChI is InChI=1S/C24H20F4N8O/c1-14(24(26,27)28)34-22(37)15-2-3-19(18(25)8-15)35-11-23(12-35,5-6-29)36-10-16(9-33-36)20-17-4-7-30-21(17)32-13-31-20/h2-4,7-10,13-14H,5,11-12H2,1H3,(H,34,37)(H,30,31,32). The SMILES string of the molecule is CC(NC(=O)c1ccc(N2CC(CC#N)(n3cc(-c4ncnc5[nH]ccc45)cn3)C2)c(F)c1)C(F)(F)F. The molecule has 13 heteroatoms. The Hall–Kier alpha value is -4.47. The molecule has 0 spiro atoms. The van der Waals surface area contributed by atoms with Crippen LogP contribution in [0.25, 0.3) is 22.3 Å². The van der Waals surface area contributed by atoms with Crippen molar-refractivity contribution < 1.29 is 22.4 Å². The van der Waals surface area contributed by atoms with Crippen molar-refractivity contribution in [3.05, 3.63) is 60.6 Å². The first-order valence-electron chi connectivity index (χ1n) is 11.2. The first-order valence-corrected chi connectivity index (χ1v) is 11.2. The summed E-state index contributed by atoms with van der Waals surface area (Å²) in [6, 6.07) is 5.47. The van der Waals surface area contributed by atoms with Gasteiger partial charge in [0.2, 0.25) is 0 Å². The summed E-state index contributed by atoms with van der Waals surface area (Å²) in [5.41, 5.74) is 1.32. The summed E-state index contributed by atoms with van der Waals surface area (Å²) in [7, 11) is 0. The van der Waals surface area contributed by atoms with Crippen molar-refractivity contribution in [3.8, 4) is 17.3 Å². The third-order valence-corrected chi connectivity index (χ3v) is 6.46. The number of nitrogens with one attached hydrogen (secondary N) is 2. The summed E-state index contributed by atoms with van der Waals surface area (Å²) < 4.78 is 54.7. The Morgan fingerprint density at radius 3 is 2.78 bits per heavy atom. The summed E-state index contributed by atoms with van der Waals surface area (Å²) in [4.78, 5) is 25.4. The van der Waals surface area contributed by atoms with Crippen LogP contribution in [-0.2, 0) is 5.54 Å². The van der Waals surface area contributed by atoms with Gasteiger partial charge in [0, 0.05) is 42.0 Å². The molecule has 1 aliphatic rings. The second-order valence-electron chi connectivity index (χ2n) is 8.95.